The molecule has 0 bridgehead atoms. The highest BCUT2D eigenvalue weighted by atomic mass is 32.2. The number of hydrogen-bond donors (Lipinski definition) is 2. The first-order chi connectivity index (χ1) is 13.2. The first-order valence-electron chi connectivity index (χ1n) is 9.79. The van der Waals surface area contributed by atoms with Crippen LogP contribution in [0.3, 0.4) is 0 Å². The summed E-state index contributed by atoms with van der Waals surface area (Å²) in [6.07, 6.45) is 8.21. The standard InChI is InChI=1S/C22H29N3OS/c1-3-4-5-6-7-14-26-20-12-10-19(11-13-20)24-22-25-21(16-27-22)18-9-8-17(2)23-15-18/h8-13,15-16,22,24-25H,3-7,14H2,1-2H3. The van der Waals surface area contributed by atoms with Crippen molar-refractivity contribution in [1.29, 1.82) is 0 Å². The molecule has 2 aromatic rings. The minimum Gasteiger partial charge on any atom is -0.494 e. The molecule has 2 heterocycles. The van der Waals surface area contributed by atoms with E-state index in [-0.39, 0.29) is 5.50 Å². The molecule has 0 aliphatic carbocycles. The summed E-state index contributed by atoms with van der Waals surface area (Å²) in [6.45, 7) is 5.04. The van der Waals surface area contributed by atoms with Crippen LogP contribution in [0.5, 0.6) is 5.75 Å². The lowest BCUT2D eigenvalue weighted by Crippen LogP contribution is -2.27. The Morgan fingerprint density at radius 1 is 1.07 bits per heavy atom. The zero-order chi connectivity index (χ0) is 18.9. The molecule has 1 aromatic carbocycles. The average molecular weight is 384 g/mol. The molecule has 1 aromatic heterocycles. The van der Waals surface area contributed by atoms with Gasteiger partial charge < -0.3 is 15.4 Å². The Bertz CT molecular complexity index is 728. The van der Waals surface area contributed by atoms with Crippen molar-refractivity contribution >= 4 is 23.1 Å². The summed E-state index contributed by atoms with van der Waals surface area (Å²) < 4.78 is 5.83. The summed E-state index contributed by atoms with van der Waals surface area (Å²) >= 11 is 1.73. The van der Waals surface area contributed by atoms with Crippen LogP contribution in [0.25, 0.3) is 5.70 Å². The van der Waals surface area contributed by atoms with Crippen LogP contribution >= 0.6 is 11.8 Å². The number of rotatable bonds is 10. The second-order valence-electron chi connectivity index (χ2n) is 6.81. The minimum absolute atomic E-state index is 0.117. The lowest BCUT2D eigenvalue weighted by Gasteiger charge is -2.16. The van der Waals surface area contributed by atoms with Crippen LogP contribution in [0.2, 0.25) is 0 Å². The van der Waals surface area contributed by atoms with Gasteiger partial charge in [-0.15, -0.1) is 0 Å². The summed E-state index contributed by atoms with van der Waals surface area (Å²) in [5, 5.41) is 9.12. The molecule has 0 spiro atoms. The molecule has 4 nitrogen and oxygen atoms in total. The van der Waals surface area contributed by atoms with Gasteiger partial charge in [-0.2, -0.15) is 0 Å². The SMILES string of the molecule is CCCCCCCOc1ccc(NC2NC(c3ccc(C)nc3)=CS2)cc1. The maximum Gasteiger partial charge on any atom is 0.149 e. The zero-order valence-corrected chi connectivity index (χ0v) is 17.0. The fourth-order valence-electron chi connectivity index (χ4n) is 2.89. The highest BCUT2D eigenvalue weighted by Crippen LogP contribution is 2.28. The Balaban J connectivity index is 1.41. The monoisotopic (exact) mass is 383 g/mol. The van der Waals surface area contributed by atoms with Crippen molar-refractivity contribution in [3.8, 4) is 5.75 Å². The van der Waals surface area contributed by atoms with E-state index < -0.39 is 0 Å². The van der Waals surface area contributed by atoms with Crippen molar-refractivity contribution in [3.63, 3.8) is 0 Å². The number of unbranched alkanes of at least 4 members (excludes halogenated alkanes) is 4. The fourth-order valence-corrected chi connectivity index (χ4v) is 3.76. The molecule has 5 heteroatoms. The predicted octanol–water partition coefficient (Wildman–Crippen LogP) is 5.77. The van der Waals surface area contributed by atoms with Gasteiger partial charge in [-0.25, -0.2) is 0 Å². The van der Waals surface area contributed by atoms with Crippen LogP contribution in [-0.2, 0) is 0 Å². The number of ether oxygens (including phenoxy) is 1. The largest absolute Gasteiger partial charge is 0.494 e. The lowest BCUT2D eigenvalue weighted by atomic mass is 10.2. The first-order valence-corrected chi connectivity index (χ1v) is 10.7. The van der Waals surface area contributed by atoms with Crippen molar-refractivity contribution in [2.75, 3.05) is 11.9 Å². The van der Waals surface area contributed by atoms with E-state index in [1.165, 1.54) is 25.7 Å². The summed E-state index contributed by atoms with van der Waals surface area (Å²) in [5.74, 6) is 0.938. The van der Waals surface area contributed by atoms with Crippen molar-refractivity contribution in [2.24, 2.45) is 0 Å². The molecule has 1 aliphatic rings. The average Bonchev–Trinajstić information content (AvgIpc) is 3.15. The Morgan fingerprint density at radius 2 is 1.89 bits per heavy atom. The second kappa shape index (κ2) is 10.3. The highest BCUT2D eigenvalue weighted by Gasteiger charge is 2.17. The fraction of sp³-hybridized carbons (Fsp3) is 0.409. The van der Waals surface area contributed by atoms with E-state index >= 15 is 0 Å². The number of thioether (sulfide) groups is 1. The van der Waals surface area contributed by atoms with E-state index in [2.05, 4.69) is 46.1 Å². The molecular weight excluding hydrogens is 354 g/mol. The third kappa shape index (κ3) is 6.21. The molecule has 1 atom stereocenters. The van der Waals surface area contributed by atoms with E-state index in [4.69, 9.17) is 4.74 Å². The lowest BCUT2D eigenvalue weighted by molar-refractivity contribution is 0.304. The van der Waals surface area contributed by atoms with Crippen molar-refractivity contribution in [3.05, 3.63) is 59.3 Å². The van der Waals surface area contributed by atoms with Crippen LogP contribution in [0.4, 0.5) is 5.69 Å². The number of aromatic nitrogens is 1. The first kappa shape index (κ1) is 19.6. The highest BCUT2D eigenvalue weighted by molar-refractivity contribution is 8.03. The third-order valence-corrected chi connectivity index (χ3v) is 5.38. The molecule has 0 saturated heterocycles. The Labute approximate surface area is 166 Å². The van der Waals surface area contributed by atoms with Crippen LogP contribution in [0, 0.1) is 6.92 Å². The number of hydrogen-bond acceptors (Lipinski definition) is 5. The van der Waals surface area contributed by atoms with Gasteiger partial charge in [0.15, 0.2) is 0 Å². The molecule has 0 amide bonds. The van der Waals surface area contributed by atoms with Gasteiger partial charge in [-0.05, 0) is 55.2 Å². The number of nitrogens with zero attached hydrogens (tertiary/aromatic N) is 1. The maximum absolute atomic E-state index is 5.83. The molecule has 144 valence electrons. The van der Waals surface area contributed by atoms with E-state index in [0.717, 1.165) is 41.4 Å². The van der Waals surface area contributed by atoms with E-state index in [1.807, 2.05) is 31.3 Å². The molecule has 0 radical (unpaired) electrons. The molecule has 0 fully saturated rings. The quantitative estimate of drug-likeness (QED) is 0.510. The number of nitrogens with one attached hydrogen (secondary N) is 2. The Hall–Kier alpha value is -2.14. The van der Waals surface area contributed by atoms with Gasteiger partial charge in [-0.1, -0.05) is 44.4 Å². The van der Waals surface area contributed by atoms with Gasteiger partial charge in [0.25, 0.3) is 0 Å². The molecule has 0 saturated carbocycles. The number of aryl methyl sites for hydroxylation is 1. The molecule has 1 unspecified atom stereocenters. The third-order valence-electron chi connectivity index (χ3n) is 4.50. The van der Waals surface area contributed by atoms with Crippen molar-refractivity contribution < 1.29 is 4.74 Å². The van der Waals surface area contributed by atoms with Gasteiger partial charge in [0.1, 0.15) is 11.2 Å². The Morgan fingerprint density at radius 3 is 2.63 bits per heavy atom. The van der Waals surface area contributed by atoms with Crippen molar-refractivity contribution in [1.82, 2.24) is 10.3 Å². The van der Waals surface area contributed by atoms with Gasteiger partial charge in [0.05, 0.1) is 12.3 Å². The maximum atomic E-state index is 5.83. The topological polar surface area (TPSA) is 46.2 Å². The predicted molar refractivity (Wildman–Crippen MR) is 116 cm³/mol. The summed E-state index contributed by atoms with van der Waals surface area (Å²) in [6, 6.07) is 12.3. The zero-order valence-electron chi connectivity index (χ0n) is 16.2. The van der Waals surface area contributed by atoms with Gasteiger partial charge in [-0.3, -0.25) is 4.98 Å². The molecule has 3 rings (SSSR count). The molecule has 2 N–H and O–H groups in total. The summed E-state index contributed by atoms with van der Waals surface area (Å²) in [7, 11) is 0. The number of benzene rings is 1. The van der Waals surface area contributed by atoms with Crippen LogP contribution in [0.15, 0.2) is 48.0 Å². The molecule has 27 heavy (non-hydrogen) atoms. The van der Waals surface area contributed by atoms with Gasteiger partial charge in [0, 0.05) is 23.1 Å². The van der Waals surface area contributed by atoms with E-state index in [0.29, 0.717) is 0 Å². The smallest absolute Gasteiger partial charge is 0.149 e. The summed E-state index contributed by atoms with van der Waals surface area (Å²) in [4.78, 5) is 4.36. The summed E-state index contributed by atoms with van der Waals surface area (Å²) in [5.41, 5.74) is 4.44. The number of pyridine rings is 1. The molecular formula is C22H29N3OS. The Kier molecular flexibility index (Phi) is 7.45. The van der Waals surface area contributed by atoms with Crippen LogP contribution in [-0.4, -0.2) is 17.1 Å². The second-order valence-corrected chi connectivity index (χ2v) is 7.79. The minimum atomic E-state index is 0.117. The van der Waals surface area contributed by atoms with Crippen molar-refractivity contribution in [2.45, 2.75) is 51.4 Å². The van der Waals surface area contributed by atoms with Crippen LogP contribution < -0.4 is 15.4 Å². The van der Waals surface area contributed by atoms with E-state index in [1.54, 1.807) is 11.8 Å². The van der Waals surface area contributed by atoms with Gasteiger partial charge >= 0.3 is 0 Å². The van der Waals surface area contributed by atoms with Gasteiger partial charge in [0.2, 0.25) is 0 Å². The van der Waals surface area contributed by atoms with E-state index in [9.17, 15) is 0 Å². The number of anilines is 1. The van der Waals surface area contributed by atoms with Crippen LogP contribution in [0.1, 0.15) is 50.3 Å². The normalized spacial score (nSPS) is 15.9. The molecule has 1 aliphatic heterocycles.